The quantitative estimate of drug-likeness (QED) is 0.360. The molecule has 11 heteroatoms. The Morgan fingerprint density at radius 2 is 1.95 bits per heavy atom. The molecule has 1 saturated heterocycles. The molecule has 1 fully saturated rings. The van der Waals surface area contributed by atoms with Crippen LogP contribution in [0.15, 0.2) is 47.1 Å². The molecule has 1 atom stereocenters. The summed E-state index contributed by atoms with van der Waals surface area (Å²) >= 11 is 0. The molecule has 0 bridgehead atoms. The fraction of sp³-hybridized carbons (Fsp3) is 0.308. The largest absolute Gasteiger partial charge is 0.468 e. The molecule has 192 valence electrons. The first-order valence-corrected chi connectivity index (χ1v) is 11.8. The van der Waals surface area contributed by atoms with Gasteiger partial charge < -0.3 is 14.6 Å². The second-order valence-electron chi connectivity index (χ2n) is 9.14. The molecule has 1 aliphatic heterocycles. The van der Waals surface area contributed by atoms with Crippen LogP contribution in [0.2, 0.25) is 0 Å². The minimum absolute atomic E-state index is 0.0471. The fourth-order valence-corrected chi connectivity index (χ4v) is 4.70. The van der Waals surface area contributed by atoms with E-state index in [9.17, 15) is 22.8 Å². The van der Waals surface area contributed by atoms with E-state index in [1.807, 2.05) is 31.2 Å². The van der Waals surface area contributed by atoms with Crippen molar-refractivity contribution >= 4 is 28.5 Å². The maximum Gasteiger partial charge on any atom is 0.420 e. The lowest BCUT2D eigenvalue weighted by Gasteiger charge is -2.34. The monoisotopic (exact) mass is 511 g/mol. The highest BCUT2D eigenvalue weighted by Gasteiger charge is 2.39. The van der Waals surface area contributed by atoms with E-state index in [-0.39, 0.29) is 23.5 Å². The number of fused-ring (bicyclic) bond motifs is 1. The number of furan rings is 1. The number of anilines is 1. The van der Waals surface area contributed by atoms with Gasteiger partial charge >= 0.3 is 6.18 Å². The van der Waals surface area contributed by atoms with Crippen LogP contribution in [0.3, 0.4) is 0 Å². The lowest BCUT2D eigenvalue weighted by molar-refractivity contribution is -0.138. The molecular weight excluding hydrogens is 487 g/mol. The number of alkyl halides is 3. The van der Waals surface area contributed by atoms with Crippen LogP contribution >= 0.6 is 0 Å². The number of benzene rings is 1. The van der Waals surface area contributed by atoms with Crippen LogP contribution in [0.1, 0.15) is 68.7 Å². The number of pyridine rings is 1. The topological polar surface area (TPSA) is 104 Å². The molecule has 37 heavy (non-hydrogen) atoms. The standard InChI is InChI=1S/C26H24F3N5O3/c1-14-6-8-18-16(11-14)7-9-19(30-18)25(36)34-10-4-3-5-21(34)20-12-22(33-32-20)31-24(35)23-15(2)37-13-17(23)26(27,28)29/h6-9,11-13,21H,3-5,10H2,1-2H3,(H2,31,32,33,35). The number of aromatic amines is 1. The van der Waals surface area contributed by atoms with Crippen LogP contribution in [-0.4, -0.2) is 38.4 Å². The van der Waals surface area contributed by atoms with Gasteiger partial charge in [0.15, 0.2) is 5.82 Å². The van der Waals surface area contributed by atoms with Crippen LogP contribution < -0.4 is 5.32 Å². The Morgan fingerprint density at radius 1 is 1.14 bits per heavy atom. The first-order valence-electron chi connectivity index (χ1n) is 11.8. The number of nitrogens with zero attached hydrogens (tertiary/aromatic N) is 3. The highest BCUT2D eigenvalue weighted by molar-refractivity contribution is 6.05. The van der Waals surface area contributed by atoms with Crippen molar-refractivity contribution in [2.24, 2.45) is 0 Å². The molecule has 4 heterocycles. The minimum Gasteiger partial charge on any atom is -0.468 e. The second-order valence-corrected chi connectivity index (χ2v) is 9.14. The zero-order chi connectivity index (χ0) is 26.3. The Hall–Kier alpha value is -4.15. The molecule has 1 aromatic carbocycles. The number of likely N-dealkylation sites (tertiary alicyclic amines) is 1. The summed E-state index contributed by atoms with van der Waals surface area (Å²) in [5, 5.41) is 10.2. The predicted octanol–water partition coefficient (Wildman–Crippen LogP) is 5.81. The molecule has 4 aromatic rings. The van der Waals surface area contributed by atoms with Crippen molar-refractivity contribution in [3.8, 4) is 0 Å². The molecule has 5 rings (SSSR count). The Morgan fingerprint density at radius 3 is 2.73 bits per heavy atom. The summed E-state index contributed by atoms with van der Waals surface area (Å²) in [5.74, 6) is -1.31. The third-order valence-corrected chi connectivity index (χ3v) is 6.53. The lowest BCUT2D eigenvalue weighted by Crippen LogP contribution is -2.39. The van der Waals surface area contributed by atoms with Crippen molar-refractivity contribution in [3.05, 3.63) is 76.5 Å². The molecule has 8 nitrogen and oxygen atoms in total. The number of aryl methyl sites for hydroxylation is 2. The normalized spacial score (nSPS) is 16.2. The third-order valence-electron chi connectivity index (χ3n) is 6.53. The Balaban J connectivity index is 1.37. The SMILES string of the molecule is Cc1ccc2nc(C(=O)N3CCCCC3c3cc(NC(=O)c4c(C(F)(F)F)coc4C)n[nH]3)ccc2c1. The second kappa shape index (κ2) is 9.38. The number of piperidine rings is 1. The van der Waals surface area contributed by atoms with Gasteiger partial charge in [-0.3, -0.25) is 14.7 Å². The summed E-state index contributed by atoms with van der Waals surface area (Å²) in [6.07, 6.45) is -1.85. The maximum atomic E-state index is 13.4. The zero-order valence-electron chi connectivity index (χ0n) is 20.1. The van der Waals surface area contributed by atoms with Gasteiger partial charge in [0.2, 0.25) is 0 Å². The summed E-state index contributed by atoms with van der Waals surface area (Å²) in [5.41, 5.74) is 0.976. The van der Waals surface area contributed by atoms with Gasteiger partial charge in [0.05, 0.1) is 22.8 Å². The number of carbonyl (C=O) groups excluding carboxylic acids is 2. The average Bonchev–Trinajstić information content (AvgIpc) is 3.49. The first kappa shape index (κ1) is 24.5. The van der Waals surface area contributed by atoms with Crippen LogP contribution in [-0.2, 0) is 6.18 Å². The van der Waals surface area contributed by atoms with E-state index in [4.69, 9.17) is 4.42 Å². The van der Waals surface area contributed by atoms with Crippen molar-refractivity contribution in [2.75, 3.05) is 11.9 Å². The van der Waals surface area contributed by atoms with Gasteiger partial charge in [-0.05, 0) is 51.3 Å². The number of hydrogen-bond donors (Lipinski definition) is 2. The van der Waals surface area contributed by atoms with Gasteiger partial charge in [0, 0.05) is 18.0 Å². The molecule has 2 N–H and O–H groups in total. The number of carbonyl (C=O) groups is 2. The van der Waals surface area contributed by atoms with Gasteiger partial charge in [-0.1, -0.05) is 17.7 Å². The highest BCUT2D eigenvalue weighted by atomic mass is 19.4. The van der Waals surface area contributed by atoms with E-state index < -0.39 is 23.2 Å². The number of amides is 2. The fourth-order valence-electron chi connectivity index (χ4n) is 4.70. The van der Waals surface area contributed by atoms with E-state index in [0.29, 0.717) is 30.6 Å². The van der Waals surface area contributed by atoms with Crippen LogP contribution in [0, 0.1) is 13.8 Å². The van der Waals surface area contributed by atoms with Gasteiger partial charge in [-0.25, -0.2) is 4.98 Å². The van der Waals surface area contributed by atoms with E-state index in [1.54, 1.807) is 11.0 Å². The number of nitrogens with one attached hydrogen (secondary N) is 2. The van der Waals surface area contributed by atoms with Crippen molar-refractivity contribution in [2.45, 2.75) is 45.3 Å². The van der Waals surface area contributed by atoms with Crippen molar-refractivity contribution in [3.63, 3.8) is 0 Å². The van der Waals surface area contributed by atoms with Crippen molar-refractivity contribution in [1.82, 2.24) is 20.1 Å². The molecule has 0 radical (unpaired) electrons. The van der Waals surface area contributed by atoms with Crippen LogP contribution in [0.25, 0.3) is 10.9 Å². The van der Waals surface area contributed by atoms with E-state index in [1.165, 1.54) is 13.0 Å². The number of aromatic nitrogens is 3. The highest BCUT2D eigenvalue weighted by Crippen LogP contribution is 2.35. The van der Waals surface area contributed by atoms with Gasteiger partial charge in [0.1, 0.15) is 23.3 Å². The predicted molar refractivity (Wildman–Crippen MR) is 129 cm³/mol. The van der Waals surface area contributed by atoms with Crippen LogP contribution in [0.4, 0.5) is 19.0 Å². The Labute approximate surface area is 209 Å². The van der Waals surface area contributed by atoms with Gasteiger partial charge in [-0.15, -0.1) is 0 Å². The molecule has 2 amide bonds. The van der Waals surface area contributed by atoms with Crippen LogP contribution in [0.5, 0.6) is 0 Å². The maximum absolute atomic E-state index is 13.4. The molecular formula is C26H24F3N5O3. The number of hydrogen-bond acceptors (Lipinski definition) is 5. The number of H-pyrrole nitrogens is 1. The van der Waals surface area contributed by atoms with Crippen molar-refractivity contribution < 1.29 is 27.2 Å². The smallest absolute Gasteiger partial charge is 0.420 e. The van der Waals surface area contributed by atoms with E-state index in [0.717, 1.165) is 29.3 Å². The minimum atomic E-state index is -4.74. The van der Waals surface area contributed by atoms with Crippen molar-refractivity contribution in [1.29, 1.82) is 0 Å². The summed E-state index contributed by atoms with van der Waals surface area (Å²) < 4.78 is 44.6. The number of halogens is 3. The molecule has 0 spiro atoms. The van der Waals surface area contributed by atoms with E-state index in [2.05, 4.69) is 20.5 Å². The molecule has 1 unspecified atom stereocenters. The molecule has 0 saturated carbocycles. The van der Waals surface area contributed by atoms with Gasteiger partial charge in [-0.2, -0.15) is 18.3 Å². The van der Waals surface area contributed by atoms with Gasteiger partial charge in [0.25, 0.3) is 11.8 Å². The Kier molecular flexibility index (Phi) is 6.22. The molecule has 3 aromatic heterocycles. The summed E-state index contributed by atoms with van der Waals surface area (Å²) in [7, 11) is 0. The average molecular weight is 512 g/mol. The molecule has 1 aliphatic rings. The summed E-state index contributed by atoms with van der Waals surface area (Å²) in [6.45, 7) is 3.79. The summed E-state index contributed by atoms with van der Waals surface area (Å²) in [4.78, 5) is 32.4. The Bertz CT molecular complexity index is 1490. The number of rotatable bonds is 4. The first-order chi connectivity index (χ1) is 17.6. The third kappa shape index (κ3) is 4.81. The summed E-state index contributed by atoms with van der Waals surface area (Å²) in [6, 6.07) is 10.6. The zero-order valence-corrected chi connectivity index (χ0v) is 20.1. The molecule has 0 aliphatic carbocycles. The van der Waals surface area contributed by atoms with E-state index >= 15 is 0 Å². The lowest BCUT2D eigenvalue weighted by atomic mass is 9.98.